The minimum atomic E-state index is -0.954. The van der Waals surface area contributed by atoms with E-state index in [1.807, 2.05) is 0 Å². The Kier molecular flexibility index (Phi) is 53.1. The third kappa shape index (κ3) is 59.0. The lowest BCUT2D eigenvalue weighted by atomic mass is 10.0. The van der Waals surface area contributed by atoms with Crippen molar-refractivity contribution in [3.05, 3.63) is 0 Å². The second-order valence-electron chi connectivity index (χ2n) is 14.6. The average molecular weight is 717 g/mol. The van der Waals surface area contributed by atoms with Crippen LogP contribution in [0.2, 0.25) is 0 Å². The van der Waals surface area contributed by atoms with Gasteiger partial charge in [-0.1, -0.05) is 219 Å². The predicted molar refractivity (Wildman–Crippen MR) is 213 cm³/mol. The van der Waals surface area contributed by atoms with Crippen molar-refractivity contribution in [3.63, 3.8) is 0 Å². The molecule has 0 saturated heterocycles. The first kappa shape index (κ1) is 53.2. The Hall–Kier alpha value is -1.18. The largest absolute Gasteiger partial charge is 0.481 e. The summed E-state index contributed by atoms with van der Waals surface area (Å²) in [6.45, 7) is 3.82. The highest BCUT2D eigenvalue weighted by Crippen LogP contribution is 2.16. The van der Waals surface area contributed by atoms with Gasteiger partial charge >= 0.3 is 11.9 Å². The van der Waals surface area contributed by atoms with Crippen molar-refractivity contribution in [1.82, 2.24) is 0 Å². The van der Waals surface area contributed by atoms with Crippen molar-refractivity contribution >= 4 is 11.9 Å². The van der Waals surface area contributed by atoms with E-state index in [0.717, 1.165) is 25.7 Å². The zero-order valence-corrected chi connectivity index (χ0v) is 33.5. The standard InChI is InChI=1S/C22H44O2.C18H36O2.C3H8O3/c1-2-3-4-5-6-7-8-9-10-11-12-13-14-15-16-17-18-19-20-21-22(23)24;1-2-3-4-5-6-7-8-9-10-11-12-13-14-15-16-17-18(19)20;4-1-3(6)2-5/h2-21H2,1H3,(H,23,24);2-17H2,1H3,(H,19,20);3-6H,1-2H2. The molecule has 7 heteroatoms. The zero-order chi connectivity index (χ0) is 37.6. The Morgan fingerprint density at radius 2 is 0.500 bits per heavy atom. The molecule has 50 heavy (non-hydrogen) atoms. The van der Waals surface area contributed by atoms with Gasteiger partial charge in [-0.05, 0) is 12.8 Å². The third-order valence-electron chi connectivity index (χ3n) is 9.41. The van der Waals surface area contributed by atoms with Crippen molar-refractivity contribution < 1.29 is 35.1 Å². The van der Waals surface area contributed by atoms with Crippen LogP contribution in [0.4, 0.5) is 0 Å². The average Bonchev–Trinajstić information content (AvgIpc) is 3.10. The first-order chi connectivity index (χ1) is 24.3. The summed E-state index contributed by atoms with van der Waals surface area (Å²) in [5, 5.41) is 41.1. The van der Waals surface area contributed by atoms with Gasteiger partial charge in [0, 0.05) is 12.8 Å². The number of aliphatic hydroxyl groups is 3. The van der Waals surface area contributed by atoms with Crippen molar-refractivity contribution in [2.75, 3.05) is 13.2 Å². The number of carboxylic acids is 2. The quantitative estimate of drug-likeness (QED) is 0.0401. The lowest BCUT2D eigenvalue weighted by molar-refractivity contribution is -0.138. The molecule has 0 amide bonds. The molecule has 0 aliphatic heterocycles. The minimum absolute atomic E-state index is 0.345. The monoisotopic (exact) mass is 717 g/mol. The van der Waals surface area contributed by atoms with E-state index in [1.165, 1.54) is 193 Å². The van der Waals surface area contributed by atoms with E-state index in [4.69, 9.17) is 25.5 Å². The number of aliphatic carboxylic acids is 2. The van der Waals surface area contributed by atoms with E-state index < -0.39 is 18.0 Å². The van der Waals surface area contributed by atoms with Crippen molar-refractivity contribution in [2.24, 2.45) is 0 Å². The molecule has 0 aromatic heterocycles. The van der Waals surface area contributed by atoms with Gasteiger partial charge in [0.1, 0.15) is 6.10 Å². The highest BCUT2D eigenvalue weighted by Gasteiger charge is 1.99. The van der Waals surface area contributed by atoms with Crippen LogP contribution in [0.15, 0.2) is 0 Å². The predicted octanol–water partition coefficient (Wildman–Crippen LogP) is 12.6. The number of carboxylic acid groups (broad SMARTS) is 2. The van der Waals surface area contributed by atoms with Gasteiger partial charge in [0.2, 0.25) is 0 Å². The Balaban J connectivity index is -0.000000767. The molecule has 0 atom stereocenters. The van der Waals surface area contributed by atoms with Crippen LogP contribution in [-0.4, -0.2) is 56.8 Å². The van der Waals surface area contributed by atoms with E-state index >= 15 is 0 Å². The smallest absolute Gasteiger partial charge is 0.303 e. The second-order valence-corrected chi connectivity index (χ2v) is 14.6. The van der Waals surface area contributed by atoms with E-state index in [9.17, 15) is 9.59 Å². The molecule has 0 rings (SSSR count). The lowest BCUT2D eigenvalue weighted by Gasteiger charge is -2.03. The molecule has 0 aliphatic carbocycles. The molecule has 0 aromatic rings. The Morgan fingerprint density at radius 1 is 0.340 bits per heavy atom. The maximum atomic E-state index is 10.4. The number of unbranched alkanes of at least 4 members (excludes halogenated alkanes) is 32. The summed E-state index contributed by atoms with van der Waals surface area (Å²) in [5.74, 6) is -1.30. The van der Waals surface area contributed by atoms with E-state index in [2.05, 4.69) is 13.8 Å². The first-order valence-electron chi connectivity index (χ1n) is 21.7. The lowest BCUT2D eigenvalue weighted by Crippen LogP contribution is -2.15. The molecular formula is C43H88O7. The Morgan fingerprint density at radius 3 is 0.620 bits per heavy atom. The number of aliphatic hydroxyl groups excluding tert-OH is 3. The van der Waals surface area contributed by atoms with E-state index in [-0.39, 0.29) is 13.2 Å². The van der Waals surface area contributed by atoms with Gasteiger partial charge in [0.05, 0.1) is 13.2 Å². The molecular weight excluding hydrogens is 628 g/mol. The van der Waals surface area contributed by atoms with E-state index in [0.29, 0.717) is 12.8 Å². The van der Waals surface area contributed by atoms with Gasteiger partial charge in [0.15, 0.2) is 0 Å². The molecule has 0 unspecified atom stereocenters. The first-order valence-corrected chi connectivity index (χ1v) is 21.7. The fourth-order valence-corrected chi connectivity index (χ4v) is 6.06. The van der Waals surface area contributed by atoms with Crippen LogP contribution in [-0.2, 0) is 9.59 Å². The molecule has 302 valence electrons. The molecule has 0 fully saturated rings. The Labute approximate surface area is 310 Å². The number of rotatable bonds is 38. The minimum Gasteiger partial charge on any atom is -0.481 e. The fourth-order valence-electron chi connectivity index (χ4n) is 6.06. The summed E-state index contributed by atoms with van der Waals surface area (Å²) < 4.78 is 0. The molecule has 5 N–H and O–H groups in total. The van der Waals surface area contributed by atoms with Gasteiger partial charge in [-0.25, -0.2) is 0 Å². The third-order valence-corrected chi connectivity index (χ3v) is 9.41. The van der Waals surface area contributed by atoms with Crippen LogP contribution in [0, 0.1) is 0 Å². The summed E-state index contributed by atoms with van der Waals surface area (Å²) in [6, 6.07) is 0. The second kappa shape index (κ2) is 49.9. The van der Waals surface area contributed by atoms with Crippen LogP contribution in [0.5, 0.6) is 0 Å². The van der Waals surface area contributed by atoms with Gasteiger partial charge in [-0.15, -0.1) is 0 Å². The summed E-state index contributed by atoms with van der Waals surface area (Å²) in [7, 11) is 0. The SMILES string of the molecule is CCCCCCCCCCCCCCCCCC(=O)O.CCCCCCCCCCCCCCCCCCCCCC(=O)O.OCC(O)CO. The van der Waals surface area contributed by atoms with Crippen LogP contribution in [0.25, 0.3) is 0 Å². The molecule has 0 radical (unpaired) electrons. The van der Waals surface area contributed by atoms with Crippen LogP contribution < -0.4 is 0 Å². The van der Waals surface area contributed by atoms with Crippen molar-refractivity contribution in [1.29, 1.82) is 0 Å². The number of hydrogen-bond acceptors (Lipinski definition) is 5. The number of carbonyl (C=O) groups is 2. The summed E-state index contributed by atoms with van der Waals surface area (Å²) in [4.78, 5) is 20.7. The van der Waals surface area contributed by atoms with Crippen LogP contribution >= 0.6 is 0 Å². The normalized spacial score (nSPS) is 10.8. The van der Waals surface area contributed by atoms with Crippen molar-refractivity contribution in [2.45, 2.75) is 251 Å². The molecule has 0 heterocycles. The molecule has 0 saturated carbocycles. The van der Waals surface area contributed by atoms with Crippen LogP contribution in [0.3, 0.4) is 0 Å². The summed E-state index contributed by atoms with van der Waals surface area (Å²) in [5.41, 5.74) is 0. The van der Waals surface area contributed by atoms with Gasteiger partial charge in [-0.3, -0.25) is 9.59 Å². The van der Waals surface area contributed by atoms with Crippen molar-refractivity contribution in [3.8, 4) is 0 Å². The molecule has 0 bridgehead atoms. The molecule has 0 aliphatic rings. The molecule has 0 spiro atoms. The summed E-state index contributed by atoms with van der Waals surface area (Å²) >= 11 is 0. The summed E-state index contributed by atoms with van der Waals surface area (Å²) in [6.07, 6.45) is 45.3. The molecule has 0 aromatic carbocycles. The Bertz CT molecular complexity index is 624. The highest BCUT2D eigenvalue weighted by molar-refractivity contribution is 5.66. The maximum Gasteiger partial charge on any atom is 0.303 e. The van der Waals surface area contributed by atoms with E-state index in [1.54, 1.807) is 0 Å². The van der Waals surface area contributed by atoms with Gasteiger partial charge in [-0.2, -0.15) is 0 Å². The fraction of sp³-hybridized carbons (Fsp3) is 0.953. The van der Waals surface area contributed by atoms with Gasteiger partial charge in [0.25, 0.3) is 0 Å². The maximum absolute atomic E-state index is 10.4. The topological polar surface area (TPSA) is 135 Å². The zero-order valence-electron chi connectivity index (χ0n) is 33.5. The number of hydrogen-bond donors (Lipinski definition) is 5. The molecule has 7 nitrogen and oxygen atoms in total. The highest BCUT2D eigenvalue weighted by atomic mass is 16.4. The van der Waals surface area contributed by atoms with Gasteiger partial charge < -0.3 is 25.5 Å². The van der Waals surface area contributed by atoms with Crippen LogP contribution in [0.1, 0.15) is 245 Å².